The van der Waals surface area contributed by atoms with Gasteiger partial charge in [0.05, 0.1) is 6.61 Å². The van der Waals surface area contributed by atoms with Gasteiger partial charge < -0.3 is 4.74 Å². The van der Waals surface area contributed by atoms with Crippen LogP contribution in [-0.2, 0) is 16.0 Å². The summed E-state index contributed by atoms with van der Waals surface area (Å²) in [5, 5.41) is 0. The standard InChI is InChI=1S/C17H26O2/c1-4-9-17(18)19-13-8-11-15-10-6-7-12-16(15)14(3)5-2/h6-7,10,12,14H,4-5,8-9,11,13H2,1-3H3. The van der Waals surface area contributed by atoms with Crippen molar-refractivity contribution in [3.8, 4) is 0 Å². The zero-order valence-corrected chi connectivity index (χ0v) is 12.4. The summed E-state index contributed by atoms with van der Waals surface area (Å²) in [5.74, 6) is 0.525. The number of esters is 1. The minimum Gasteiger partial charge on any atom is -0.466 e. The van der Waals surface area contributed by atoms with Crippen molar-refractivity contribution in [2.75, 3.05) is 6.61 Å². The van der Waals surface area contributed by atoms with E-state index in [-0.39, 0.29) is 5.97 Å². The van der Waals surface area contributed by atoms with Gasteiger partial charge in [-0.2, -0.15) is 0 Å². The SMILES string of the molecule is CCCC(=O)OCCCc1ccccc1C(C)CC. The lowest BCUT2D eigenvalue weighted by atomic mass is 9.92. The van der Waals surface area contributed by atoms with Crippen LogP contribution in [0.5, 0.6) is 0 Å². The van der Waals surface area contributed by atoms with E-state index in [4.69, 9.17) is 4.74 Å². The lowest BCUT2D eigenvalue weighted by Gasteiger charge is -2.14. The average molecular weight is 262 g/mol. The van der Waals surface area contributed by atoms with Crippen molar-refractivity contribution in [1.29, 1.82) is 0 Å². The van der Waals surface area contributed by atoms with E-state index in [0.29, 0.717) is 18.9 Å². The Morgan fingerprint density at radius 3 is 2.68 bits per heavy atom. The molecule has 0 radical (unpaired) electrons. The van der Waals surface area contributed by atoms with Gasteiger partial charge >= 0.3 is 5.97 Å². The Morgan fingerprint density at radius 2 is 2.00 bits per heavy atom. The third-order valence-corrected chi connectivity index (χ3v) is 3.51. The Labute approximate surface area is 117 Å². The summed E-state index contributed by atoms with van der Waals surface area (Å²) >= 11 is 0. The van der Waals surface area contributed by atoms with Crippen molar-refractivity contribution < 1.29 is 9.53 Å². The van der Waals surface area contributed by atoms with Crippen LogP contribution < -0.4 is 0 Å². The van der Waals surface area contributed by atoms with Gasteiger partial charge in [0.25, 0.3) is 0 Å². The maximum Gasteiger partial charge on any atom is 0.305 e. The van der Waals surface area contributed by atoms with Gasteiger partial charge in [-0.3, -0.25) is 4.79 Å². The molecule has 0 amide bonds. The van der Waals surface area contributed by atoms with Crippen LogP contribution >= 0.6 is 0 Å². The van der Waals surface area contributed by atoms with Crippen molar-refractivity contribution in [3.05, 3.63) is 35.4 Å². The van der Waals surface area contributed by atoms with Crippen molar-refractivity contribution in [1.82, 2.24) is 0 Å². The average Bonchev–Trinajstić information content (AvgIpc) is 2.43. The van der Waals surface area contributed by atoms with Crippen LogP contribution in [-0.4, -0.2) is 12.6 Å². The normalized spacial score (nSPS) is 12.2. The van der Waals surface area contributed by atoms with Crippen molar-refractivity contribution in [3.63, 3.8) is 0 Å². The van der Waals surface area contributed by atoms with Crippen LogP contribution in [0.2, 0.25) is 0 Å². The van der Waals surface area contributed by atoms with E-state index in [1.807, 2.05) is 6.92 Å². The maximum atomic E-state index is 11.3. The number of carbonyl (C=O) groups is 1. The van der Waals surface area contributed by atoms with Crippen LogP contribution in [0.4, 0.5) is 0 Å². The molecule has 0 saturated carbocycles. The number of hydrogen-bond acceptors (Lipinski definition) is 2. The molecule has 0 aromatic heterocycles. The van der Waals surface area contributed by atoms with Gasteiger partial charge in [-0.15, -0.1) is 0 Å². The molecule has 0 aliphatic rings. The largest absolute Gasteiger partial charge is 0.466 e. The second kappa shape index (κ2) is 8.73. The van der Waals surface area contributed by atoms with E-state index < -0.39 is 0 Å². The molecule has 0 aliphatic heterocycles. The van der Waals surface area contributed by atoms with E-state index in [1.54, 1.807) is 0 Å². The van der Waals surface area contributed by atoms with Gasteiger partial charge in [0.1, 0.15) is 0 Å². The number of ether oxygens (including phenoxy) is 1. The number of carbonyl (C=O) groups excluding carboxylic acids is 1. The van der Waals surface area contributed by atoms with Crippen LogP contribution in [0.25, 0.3) is 0 Å². The molecule has 1 unspecified atom stereocenters. The highest BCUT2D eigenvalue weighted by molar-refractivity contribution is 5.69. The molecule has 0 saturated heterocycles. The van der Waals surface area contributed by atoms with Gasteiger partial charge in [-0.05, 0) is 42.7 Å². The van der Waals surface area contributed by atoms with Crippen molar-refractivity contribution in [2.24, 2.45) is 0 Å². The van der Waals surface area contributed by atoms with Crippen LogP contribution in [0.3, 0.4) is 0 Å². The minimum atomic E-state index is -0.0716. The predicted molar refractivity (Wildman–Crippen MR) is 79.3 cm³/mol. The van der Waals surface area contributed by atoms with E-state index in [9.17, 15) is 4.79 Å². The highest BCUT2D eigenvalue weighted by atomic mass is 16.5. The zero-order chi connectivity index (χ0) is 14.1. The third kappa shape index (κ3) is 5.46. The molecular formula is C17H26O2. The number of hydrogen-bond donors (Lipinski definition) is 0. The quantitative estimate of drug-likeness (QED) is 0.510. The number of benzene rings is 1. The van der Waals surface area contributed by atoms with Gasteiger partial charge in [-0.25, -0.2) is 0 Å². The fourth-order valence-electron chi connectivity index (χ4n) is 2.19. The lowest BCUT2D eigenvalue weighted by molar-refractivity contribution is -0.143. The Kier molecular flexibility index (Phi) is 7.24. The molecule has 0 aliphatic carbocycles. The van der Waals surface area contributed by atoms with Crippen molar-refractivity contribution in [2.45, 2.75) is 58.8 Å². The fraction of sp³-hybridized carbons (Fsp3) is 0.588. The Balaban J connectivity index is 2.43. The number of rotatable bonds is 8. The predicted octanol–water partition coefficient (Wildman–Crippen LogP) is 4.48. The summed E-state index contributed by atoms with van der Waals surface area (Å²) < 4.78 is 5.19. The molecule has 2 heteroatoms. The summed E-state index contributed by atoms with van der Waals surface area (Å²) in [4.78, 5) is 11.3. The molecule has 1 rings (SSSR count). The molecule has 1 aromatic carbocycles. The first-order valence-electron chi connectivity index (χ1n) is 7.42. The molecule has 0 spiro atoms. The van der Waals surface area contributed by atoms with Gasteiger partial charge in [0.15, 0.2) is 0 Å². The highest BCUT2D eigenvalue weighted by Crippen LogP contribution is 2.23. The zero-order valence-electron chi connectivity index (χ0n) is 12.4. The molecule has 106 valence electrons. The molecule has 0 N–H and O–H groups in total. The first kappa shape index (κ1) is 15.7. The van der Waals surface area contributed by atoms with Crippen molar-refractivity contribution >= 4 is 5.97 Å². The van der Waals surface area contributed by atoms with E-state index in [0.717, 1.165) is 25.7 Å². The lowest BCUT2D eigenvalue weighted by Crippen LogP contribution is -2.06. The summed E-state index contributed by atoms with van der Waals surface area (Å²) in [6.45, 7) is 7.01. The molecule has 0 bridgehead atoms. The molecule has 19 heavy (non-hydrogen) atoms. The number of aryl methyl sites for hydroxylation is 1. The maximum absolute atomic E-state index is 11.3. The summed E-state index contributed by atoms with van der Waals surface area (Å²) in [7, 11) is 0. The highest BCUT2D eigenvalue weighted by Gasteiger charge is 2.08. The van der Waals surface area contributed by atoms with Gasteiger partial charge in [-0.1, -0.05) is 45.0 Å². The Hall–Kier alpha value is -1.31. The third-order valence-electron chi connectivity index (χ3n) is 3.51. The second-order valence-corrected chi connectivity index (χ2v) is 5.08. The Bertz CT molecular complexity index is 385. The molecule has 0 heterocycles. The Morgan fingerprint density at radius 1 is 1.26 bits per heavy atom. The van der Waals surface area contributed by atoms with E-state index in [1.165, 1.54) is 11.1 Å². The first-order valence-corrected chi connectivity index (χ1v) is 7.42. The fourth-order valence-corrected chi connectivity index (χ4v) is 2.19. The van der Waals surface area contributed by atoms with Gasteiger partial charge in [0, 0.05) is 6.42 Å². The topological polar surface area (TPSA) is 26.3 Å². The van der Waals surface area contributed by atoms with Crippen LogP contribution in [0.15, 0.2) is 24.3 Å². The van der Waals surface area contributed by atoms with Gasteiger partial charge in [0.2, 0.25) is 0 Å². The molecule has 1 aromatic rings. The minimum absolute atomic E-state index is 0.0716. The summed E-state index contributed by atoms with van der Waals surface area (Å²) in [5.41, 5.74) is 2.83. The molecule has 0 fully saturated rings. The monoisotopic (exact) mass is 262 g/mol. The van der Waals surface area contributed by atoms with E-state index >= 15 is 0 Å². The van der Waals surface area contributed by atoms with Crippen LogP contribution in [0.1, 0.15) is 63.5 Å². The molecule has 2 nitrogen and oxygen atoms in total. The molecule has 1 atom stereocenters. The summed E-state index contributed by atoms with van der Waals surface area (Å²) in [6, 6.07) is 8.60. The molecular weight excluding hydrogens is 236 g/mol. The summed E-state index contributed by atoms with van der Waals surface area (Å²) in [6.07, 6.45) is 4.43. The smallest absolute Gasteiger partial charge is 0.305 e. The second-order valence-electron chi connectivity index (χ2n) is 5.08. The van der Waals surface area contributed by atoms with E-state index in [2.05, 4.69) is 38.1 Å². The van der Waals surface area contributed by atoms with Crippen LogP contribution in [0, 0.1) is 0 Å². The first-order chi connectivity index (χ1) is 9.19.